The molecular weight excluding hydrogens is 161 g/mol. The van der Waals surface area contributed by atoms with E-state index >= 15 is 0 Å². The summed E-state index contributed by atoms with van der Waals surface area (Å²) in [6, 6.07) is 0. The molecule has 41 valence electrons. The number of hydrogen-bond acceptors (Lipinski definition) is 0. The van der Waals surface area contributed by atoms with Gasteiger partial charge < -0.3 is 13.8 Å². The molecule has 0 saturated heterocycles. The molecule has 0 nitrogen and oxygen atoms in total. The molecule has 0 N–H and O–H groups in total. The summed E-state index contributed by atoms with van der Waals surface area (Å²) in [6.07, 6.45) is 4.61. The van der Waals surface area contributed by atoms with Crippen molar-refractivity contribution in [2.75, 3.05) is 0 Å². The molecule has 0 heterocycles. The summed E-state index contributed by atoms with van der Waals surface area (Å²) in [6.45, 7) is 7.39. The van der Waals surface area contributed by atoms with Crippen molar-refractivity contribution in [1.29, 1.82) is 0 Å². The van der Waals surface area contributed by atoms with Crippen molar-refractivity contribution in [3.8, 4) is 0 Å². The molecule has 7 heavy (non-hydrogen) atoms. The molecule has 0 amide bonds. The average Bonchev–Trinajstić information content (AvgIpc) is 1.61. The summed E-state index contributed by atoms with van der Waals surface area (Å²) >= 11 is 0. The number of hydrogen-bond donors (Lipinski definition) is 0. The van der Waals surface area contributed by atoms with Crippen LogP contribution in [-0.2, 0) is 32.7 Å². The van der Waals surface area contributed by atoms with E-state index in [1.807, 2.05) is 0 Å². The third-order valence-electron chi connectivity index (χ3n) is 0.750. The van der Waals surface area contributed by atoms with Crippen LogP contribution in [0.2, 0.25) is 0 Å². The second-order valence-corrected chi connectivity index (χ2v) is 1.41. The fourth-order valence-corrected chi connectivity index (χ4v) is 0.354. The molecule has 0 unspecified atom stereocenters. The predicted octanol–water partition coefficient (Wildman–Crippen LogP) is 2.21. The molecule has 0 aromatic rings. The summed E-state index contributed by atoms with van der Waals surface area (Å²) in [5, 5.41) is 0. The van der Waals surface area contributed by atoms with Gasteiger partial charge in [-0.15, -0.1) is 0 Å². The van der Waals surface area contributed by atoms with Crippen molar-refractivity contribution < 1.29 is 32.7 Å². The first-order chi connectivity index (χ1) is 2.91. The van der Waals surface area contributed by atoms with Crippen LogP contribution in [0.15, 0.2) is 0 Å². The zero-order valence-electron chi connectivity index (χ0n) is 4.82. The summed E-state index contributed by atoms with van der Waals surface area (Å²) in [7, 11) is 0. The minimum Gasteiger partial charge on any atom is -0.343 e. The van der Waals surface area contributed by atoms with Crippen molar-refractivity contribution in [3.63, 3.8) is 0 Å². The van der Waals surface area contributed by atoms with Gasteiger partial charge in [-0.2, -0.15) is 12.8 Å². The Balaban J connectivity index is 0. The molecule has 0 fully saturated rings. The van der Waals surface area contributed by atoms with E-state index in [0.29, 0.717) is 0 Å². The van der Waals surface area contributed by atoms with Gasteiger partial charge in [-0.25, -0.2) is 0 Å². The van der Waals surface area contributed by atoms with Crippen LogP contribution in [0.25, 0.3) is 0 Å². The molecular formula is C6H12Y-2. The van der Waals surface area contributed by atoms with E-state index in [4.69, 9.17) is 0 Å². The molecule has 0 atom stereocenters. The molecule has 0 spiro atoms. The maximum Gasteiger partial charge on any atom is 0 e. The Labute approximate surface area is 71.9 Å². The van der Waals surface area contributed by atoms with Gasteiger partial charge >= 0.3 is 0 Å². The molecule has 0 aliphatic heterocycles. The average molecular weight is 173 g/mol. The Morgan fingerprint density at radius 2 is 1.14 bits per heavy atom. The van der Waals surface area contributed by atoms with E-state index < -0.39 is 0 Å². The Bertz CT molecular complexity index is 16.1. The first kappa shape index (κ1) is 11.0. The van der Waals surface area contributed by atoms with Crippen LogP contribution >= 0.6 is 0 Å². The van der Waals surface area contributed by atoms with Crippen LogP contribution in [-0.4, -0.2) is 0 Å². The van der Waals surface area contributed by atoms with Gasteiger partial charge in [0, 0.05) is 32.7 Å². The number of rotatable bonds is 3. The van der Waals surface area contributed by atoms with Gasteiger partial charge in [0.15, 0.2) is 0 Å². The van der Waals surface area contributed by atoms with Crippen LogP contribution in [0.3, 0.4) is 0 Å². The van der Waals surface area contributed by atoms with Crippen LogP contribution in [0, 0.1) is 13.8 Å². The van der Waals surface area contributed by atoms with Crippen molar-refractivity contribution in [2.45, 2.75) is 25.7 Å². The number of unbranched alkanes of at least 4 members (excludes halogenated alkanes) is 3. The van der Waals surface area contributed by atoms with Crippen LogP contribution in [0.4, 0.5) is 0 Å². The molecule has 0 aliphatic rings. The second kappa shape index (κ2) is 10.2. The predicted molar refractivity (Wildman–Crippen MR) is 29.2 cm³/mol. The van der Waals surface area contributed by atoms with Crippen LogP contribution in [0.1, 0.15) is 25.7 Å². The van der Waals surface area contributed by atoms with Gasteiger partial charge in [0.25, 0.3) is 0 Å². The van der Waals surface area contributed by atoms with Gasteiger partial charge in [0.05, 0.1) is 0 Å². The molecule has 0 bridgehead atoms. The Kier molecular flexibility index (Phi) is 15.9. The smallest absolute Gasteiger partial charge is 0 e. The Hall–Kier alpha value is 1.10. The first-order valence-corrected chi connectivity index (χ1v) is 2.50. The Morgan fingerprint density at radius 3 is 1.29 bits per heavy atom. The van der Waals surface area contributed by atoms with E-state index in [9.17, 15) is 0 Å². The van der Waals surface area contributed by atoms with Crippen LogP contribution in [0.5, 0.6) is 0 Å². The summed E-state index contributed by atoms with van der Waals surface area (Å²) in [5.41, 5.74) is 0. The third-order valence-corrected chi connectivity index (χ3v) is 0.750. The van der Waals surface area contributed by atoms with Gasteiger partial charge in [-0.3, -0.25) is 0 Å². The van der Waals surface area contributed by atoms with Crippen LogP contribution < -0.4 is 0 Å². The van der Waals surface area contributed by atoms with E-state index in [2.05, 4.69) is 13.8 Å². The fraction of sp³-hybridized carbons (Fsp3) is 0.667. The quantitative estimate of drug-likeness (QED) is 0.453. The molecule has 0 aliphatic carbocycles. The first-order valence-electron chi connectivity index (χ1n) is 2.50. The van der Waals surface area contributed by atoms with Crippen molar-refractivity contribution in [3.05, 3.63) is 13.8 Å². The molecule has 0 rings (SSSR count). The standard InChI is InChI=1S/C6H12.Y/c1-3-5-6-4-2;/h1-6H2;/q-2;. The largest absolute Gasteiger partial charge is 0.343 e. The minimum atomic E-state index is 0. The van der Waals surface area contributed by atoms with Crippen molar-refractivity contribution in [2.24, 2.45) is 0 Å². The molecule has 0 saturated carbocycles. The molecule has 0 aromatic carbocycles. The minimum absolute atomic E-state index is 0. The topological polar surface area (TPSA) is 0 Å². The Morgan fingerprint density at radius 1 is 0.857 bits per heavy atom. The molecule has 0 aromatic heterocycles. The third kappa shape index (κ3) is 11.0. The van der Waals surface area contributed by atoms with E-state index in [-0.39, 0.29) is 32.7 Å². The van der Waals surface area contributed by atoms with E-state index in [0.717, 1.165) is 12.8 Å². The molecule has 1 radical (unpaired) electrons. The summed E-state index contributed by atoms with van der Waals surface area (Å²) in [4.78, 5) is 0. The monoisotopic (exact) mass is 173 g/mol. The van der Waals surface area contributed by atoms with Crippen molar-refractivity contribution in [1.82, 2.24) is 0 Å². The SMILES string of the molecule is [CH2-]CCCC[CH2-].[Y]. The van der Waals surface area contributed by atoms with Gasteiger partial charge in [-0.05, 0) is 0 Å². The fourth-order valence-electron chi connectivity index (χ4n) is 0.354. The maximum absolute atomic E-state index is 3.70. The summed E-state index contributed by atoms with van der Waals surface area (Å²) in [5.74, 6) is 0. The zero-order chi connectivity index (χ0) is 4.83. The second-order valence-electron chi connectivity index (χ2n) is 1.41. The summed E-state index contributed by atoms with van der Waals surface area (Å²) < 4.78 is 0. The van der Waals surface area contributed by atoms with E-state index in [1.165, 1.54) is 12.8 Å². The van der Waals surface area contributed by atoms with Gasteiger partial charge in [-0.1, -0.05) is 12.8 Å². The van der Waals surface area contributed by atoms with E-state index in [1.54, 1.807) is 0 Å². The normalized spacial score (nSPS) is 7.71. The van der Waals surface area contributed by atoms with Gasteiger partial charge in [0.1, 0.15) is 0 Å². The maximum atomic E-state index is 3.70. The van der Waals surface area contributed by atoms with Gasteiger partial charge in [0.2, 0.25) is 0 Å². The van der Waals surface area contributed by atoms with Crippen molar-refractivity contribution >= 4 is 0 Å². The zero-order valence-corrected chi connectivity index (χ0v) is 7.66. The molecule has 1 heteroatoms.